The van der Waals surface area contributed by atoms with Crippen LogP contribution >= 0.6 is 0 Å². The molecule has 0 bridgehead atoms. The van der Waals surface area contributed by atoms with E-state index in [1.807, 2.05) is 0 Å². The molecular formula is C10H7FN2O3. The van der Waals surface area contributed by atoms with Crippen molar-refractivity contribution in [2.24, 2.45) is 0 Å². The SMILES string of the molecule is O=C(O)Cn1ncc2cc(F)ccc2c1=O. The molecular weight excluding hydrogens is 215 g/mol. The summed E-state index contributed by atoms with van der Waals surface area (Å²) in [6, 6.07) is 3.64. The van der Waals surface area contributed by atoms with Gasteiger partial charge in [-0.05, 0) is 18.2 Å². The number of hydrogen-bond donors (Lipinski definition) is 1. The maximum absolute atomic E-state index is 12.8. The van der Waals surface area contributed by atoms with Gasteiger partial charge in [-0.3, -0.25) is 9.59 Å². The predicted octanol–water partition coefficient (Wildman–Crippen LogP) is 0.620. The van der Waals surface area contributed by atoms with Gasteiger partial charge in [0.2, 0.25) is 0 Å². The molecule has 0 spiro atoms. The number of carbonyl (C=O) groups is 1. The Bertz CT molecular complexity index is 621. The van der Waals surface area contributed by atoms with E-state index >= 15 is 0 Å². The van der Waals surface area contributed by atoms with E-state index in [0.717, 1.165) is 10.7 Å². The highest BCUT2D eigenvalue weighted by molar-refractivity contribution is 5.80. The van der Waals surface area contributed by atoms with E-state index in [4.69, 9.17) is 5.11 Å². The van der Waals surface area contributed by atoms with Gasteiger partial charge in [0.05, 0.1) is 11.6 Å². The average molecular weight is 222 g/mol. The van der Waals surface area contributed by atoms with Gasteiger partial charge in [-0.1, -0.05) is 0 Å². The molecule has 1 N–H and O–H groups in total. The zero-order valence-corrected chi connectivity index (χ0v) is 8.05. The van der Waals surface area contributed by atoms with Gasteiger partial charge in [0.25, 0.3) is 5.56 Å². The third-order valence-electron chi connectivity index (χ3n) is 2.10. The number of halogens is 1. The van der Waals surface area contributed by atoms with Gasteiger partial charge in [-0.25, -0.2) is 9.07 Å². The molecule has 0 atom stereocenters. The summed E-state index contributed by atoms with van der Waals surface area (Å²) in [6.45, 7) is -0.508. The van der Waals surface area contributed by atoms with E-state index in [-0.39, 0.29) is 5.39 Å². The van der Waals surface area contributed by atoms with Crippen molar-refractivity contribution in [1.29, 1.82) is 0 Å². The molecule has 0 saturated heterocycles. The van der Waals surface area contributed by atoms with Crippen molar-refractivity contribution in [3.63, 3.8) is 0 Å². The molecule has 1 aromatic carbocycles. The van der Waals surface area contributed by atoms with Crippen LogP contribution < -0.4 is 5.56 Å². The molecule has 1 aromatic heterocycles. The molecule has 0 radical (unpaired) electrons. The van der Waals surface area contributed by atoms with Gasteiger partial charge in [0.1, 0.15) is 12.4 Å². The Morgan fingerprint density at radius 1 is 1.50 bits per heavy atom. The van der Waals surface area contributed by atoms with E-state index < -0.39 is 23.9 Å². The molecule has 0 amide bonds. The van der Waals surface area contributed by atoms with Crippen LogP contribution in [0.15, 0.2) is 29.2 Å². The number of aromatic nitrogens is 2. The monoisotopic (exact) mass is 222 g/mol. The molecule has 2 aromatic rings. The lowest BCUT2D eigenvalue weighted by Gasteiger charge is -2.02. The first kappa shape index (κ1) is 10.3. The lowest BCUT2D eigenvalue weighted by molar-refractivity contribution is -0.137. The van der Waals surface area contributed by atoms with Gasteiger partial charge in [-0.2, -0.15) is 5.10 Å². The first-order chi connectivity index (χ1) is 7.58. The van der Waals surface area contributed by atoms with Gasteiger partial charge >= 0.3 is 5.97 Å². The third kappa shape index (κ3) is 1.77. The van der Waals surface area contributed by atoms with E-state index in [1.54, 1.807) is 0 Å². The summed E-state index contributed by atoms with van der Waals surface area (Å²) in [5.41, 5.74) is -0.542. The van der Waals surface area contributed by atoms with Crippen molar-refractivity contribution in [3.05, 3.63) is 40.6 Å². The Hall–Kier alpha value is -2.24. The zero-order chi connectivity index (χ0) is 11.7. The minimum atomic E-state index is -1.16. The highest BCUT2D eigenvalue weighted by Gasteiger charge is 2.07. The Labute approximate surface area is 88.7 Å². The summed E-state index contributed by atoms with van der Waals surface area (Å²) in [6.07, 6.45) is 1.27. The largest absolute Gasteiger partial charge is 0.480 e. The van der Waals surface area contributed by atoms with Gasteiger partial charge < -0.3 is 5.11 Å². The summed E-state index contributed by atoms with van der Waals surface area (Å²) in [5.74, 6) is -1.62. The highest BCUT2D eigenvalue weighted by atomic mass is 19.1. The van der Waals surface area contributed by atoms with Crippen LogP contribution in [0.4, 0.5) is 4.39 Å². The van der Waals surface area contributed by atoms with Crippen LogP contribution in [0.3, 0.4) is 0 Å². The Morgan fingerprint density at radius 3 is 2.94 bits per heavy atom. The van der Waals surface area contributed by atoms with E-state index in [0.29, 0.717) is 5.39 Å². The molecule has 6 heteroatoms. The van der Waals surface area contributed by atoms with Crippen molar-refractivity contribution < 1.29 is 14.3 Å². The number of benzene rings is 1. The zero-order valence-electron chi connectivity index (χ0n) is 8.05. The normalized spacial score (nSPS) is 10.6. The molecule has 82 valence electrons. The molecule has 0 aliphatic heterocycles. The van der Waals surface area contributed by atoms with Gasteiger partial charge in [-0.15, -0.1) is 0 Å². The van der Waals surface area contributed by atoms with Crippen LogP contribution in [0, 0.1) is 5.82 Å². The quantitative estimate of drug-likeness (QED) is 0.808. The minimum Gasteiger partial charge on any atom is -0.480 e. The molecule has 0 fully saturated rings. The molecule has 0 aliphatic carbocycles. The van der Waals surface area contributed by atoms with E-state index in [2.05, 4.69) is 5.10 Å². The van der Waals surface area contributed by atoms with Crippen LogP contribution in [0.25, 0.3) is 10.8 Å². The van der Waals surface area contributed by atoms with Crippen LogP contribution in [0.2, 0.25) is 0 Å². The lowest BCUT2D eigenvalue weighted by atomic mass is 10.2. The summed E-state index contributed by atoms with van der Waals surface area (Å²) < 4.78 is 13.7. The first-order valence-corrected chi connectivity index (χ1v) is 4.45. The van der Waals surface area contributed by atoms with Crippen molar-refractivity contribution >= 4 is 16.7 Å². The van der Waals surface area contributed by atoms with Crippen molar-refractivity contribution in [2.75, 3.05) is 0 Å². The third-order valence-corrected chi connectivity index (χ3v) is 2.10. The first-order valence-electron chi connectivity index (χ1n) is 4.45. The van der Waals surface area contributed by atoms with Crippen molar-refractivity contribution in [2.45, 2.75) is 6.54 Å². The summed E-state index contributed by atoms with van der Waals surface area (Å²) in [7, 11) is 0. The molecule has 1 heterocycles. The topological polar surface area (TPSA) is 72.2 Å². The van der Waals surface area contributed by atoms with Crippen LogP contribution in [0.5, 0.6) is 0 Å². The van der Waals surface area contributed by atoms with Crippen molar-refractivity contribution in [3.8, 4) is 0 Å². The number of fused-ring (bicyclic) bond motifs is 1. The fourth-order valence-corrected chi connectivity index (χ4v) is 1.40. The summed E-state index contributed by atoms with van der Waals surface area (Å²) >= 11 is 0. The number of nitrogens with zero attached hydrogens (tertiary/aromatic N) is 2. The number of rotatable bonds is 2. The maximum Gasteiger partial charge on any atom is 0.325 e. The fourth-order valence-electron chi connectivity index (χ4n) is 1.40. The predicted molar refractivity (Wildman–Crippen MR) is 53.6 cm³/mol. The van der Waals surface area contributed by atoms with Crippen LogP contribution in [-0.2, 0) is 11.3 Å². The summed E-state index contributed by atoms with van der Waals surface area (Å²) in [5, 5.41) is 12.8. The second-order valence-corrected chi connectivity index (χ2v) is 3.23. The summed E-state index contributed by atoms with van der Waals surface area (Å²) in [4.78, 5) is 22.1. The number of carboxylic acids is 1. The number of hydrogen-bond acceptors (Lipinski definition) is 3. The maximum atomic E-state index is 12.8. The van der Waals surface area contributed by atoms with E-state index in [9.17, 15) is 14.0 Å². The number of aliphatic carboxylic acids is 1. The second kappa shape index (κ2) is 3.73. The number of carboxylic acid groups (broad SMARTS) is 1. The highest BCUT2D eigenvalue weighted by Crippen LogP contribution is 2.09. The molecule has 0 saturated carbocycles. The molecule has 0 unspecified atom stereocenters. The molecule has 0 aliphatic rings. The fraction of sp³-hybridized carbons (Fsp3) is 0.100. The Kier molecular flexibility index (Phi) is 2.40. The van der Waals surface area contributed by atoms with Crippen molar-refractivity contribution in [1.82, 2.24) is 9.78 Å². The Morgan fingerprint density at radius 2 is 2.25 bits per heavy atom. The average Bonchev–Trinajstić information content (AvgIpc) is 2.22. The standard InChI is InChI=1S/C10H7FN2O3/c11-7-1-2-8-6(3-7)4-12-13(10(8)16)5-9(14)15/h1-4H,5H2,(H,14,15). The van der Waals surface area contributed by atoms with Crippen LogP contribution in [0.1, 0.15) is 0 Å². The molecule has 16 heavy (non-hydrogen) atoms. The van der Waals surface area contributed by atoms with E-state index in [1.165, 1.54) is 18.3 Å². The second-order valence-electron chi connectivity index (χ2n) is 3.23. The lowest BCUT2D eigenvalue weighted by Crippen LogP contribution is -2.26. The molecule has 2 rings (SSSR count). The minimum absolute atomic E-state index is 0.248. The van der Waals surface area contributed by atoms with Gasteiger partial charge in [0.15, 0.2) is 0 Å². The Balaban J connectivity index is 2.66. The molecule has 5 nitrogen and oxygen atoms in total. The van der Waals surface area contributed by atoms with Gasteiger partial charge in [0, 0.05) is 5.39 Å². The van der Waals surface area contributed by atoms with Crippen LogP contribution in [-0.4, -0.2) is 20.9 Å². The smallest absolute Gasteiger partial charge is 0.325 e.